The fourth-order valence-corrected chi connectivity index (χ4v) is 12.0. The molecule has 0 aromatic heterocycles. The Hall–Kier alpha value is -3.47. The minimum atomic E-state index is -5.33. The fourth-order valence-electron chi connectivity index (χ4n) is 6.73. The summed E-state index contributed by atoms with van der Waals surface area (Å²) in [6, 6.07) is 27.4. The Kier molecular flexibility index (Phi) is 70.8. The van der Waals surface area contributed by atoms with Gasteiger partial charge in [-0.25, -0.2) is 0 Å². The maximum absolute atomic E-state index is 14.1. The second-order valence-corrected chi connectivity index (χ2v) is 18.2. The summed E-state index contributed by atoms with van der Waals surface area (Å²) in [5.74, 6) is 0.785. The van der Waals surface area contributed by atoms with E-state index in [1.54, 1.807) is 25.0 Å². The van der Waals surface area contributed by atoms with E-state index < -0.39 is 79.1 Å². The van der Waals surface area contributed by atoms with Crippen molar-refractivity contribution in [2.75, 3.05) is 0 Å². The molecule has 0 N–H and O–H groups in total. The first-order valence-electron chi connectivity index (χ1n) is 20.1. The van der Waals surface area contributed by atoms with Gasteiger partial charge < -0.3 is 0 Å². The van der Waals surface area contributed by atoms with Crippen LogP contribution in [-0.2, 0) is 166 Å². The summed E-state index contributed by atoms with van der Waals surface area (Å²) in [7, 11) is -4.10. The van der Waals surface area contributed by atoms with E-state index in [4.69, 9.17) is 46.5 Å². The standard InChI is InChI=1S/C41H27F12P2.C5H5.10CO.Fe.4Ru/c1-25(34-16-10-17-35(34)36-15-8-9-18-37(36)55(30-11-4-2-5-12-30)31-13-6-3-7-14-31)54(32-21-26(38(42,43)44)19-27(22-32)39(45,46)47)33-23-28(40(48,49)50)20-29(24-33)41(51,52)53;1-2-4-5-3-1;10*1-2;;;;;/h2-25H,1H3;1-5H;;;;;;;;;;;;;;;/q;;;;;;;;;;;;+2;;;;/t25-;;;;;;;;;;;;;;;;/m1................/s1. The molecule has 0 saturated heterocycles. The molecule has 1 atom stereocenters. The first-order chi connectivity index (χ1) is 38.2. The zero-order chi connectivity index (χ0) is 63.5. The molecule has 5 aromatic rings. The van der Waals surface area contributed by atoms with Crippen molar-refractivity contribution in [1.29, 1.82) is 0 Å². The van der Waals surface area contributed by atoms with Gasteiger partial charge in [-0.1, -0.05) is 91.9 Å². The zero-order valence-electron chi connectivity index (χ0n) is 42.0. The Morgan fingerprint density at radius 1 is 0.341 bits per heavy atom. The molecule has 10 nitrogen and oxygen atoms in total. The van der Waals surface area contributed by atoms with Crippen LogP contribution in [0.4, 0.5) is 52.7 Å². The molecule has 0 amide bonds. The number of halogens is 12. The smallest absolute Gasteiger partial charge is 0.0312 e. The van der Waals surface area contributed by atoms with Crippen molar-refractivity contribution in [2.24, 2.45) is 0 Å². The van der Waals surface area contributed by atoms with Crippen molar-refractivity contribution in [3.05, 3.63) is 279 Å². The van der Waals surface area contributed by atoms with E-state index in [0.29, 0.717) is 41.7 Å². The molecule has 29 heteroatoms. The first kappa shape index (κ1) is 103. The van der Waals surface area contributed by atoms with Crippen molar-refractivity contribution in [2.45, 2.75) is 37.3 Å². The number of hydrogen-bond donors (Lipinski definition) is 0. The molecule has 10 radical (unpaired) electrons. The minimum Gasteiger partial charge on any atom is -0.0312 e. The van der Waals surface area contributed by atoms with E-state index >= 15 is 0 Å². The van der Waals surface area contributed by atoms with E-state index in [2.05, 4.69) is 66.5 Å². The van der Waals surface area contributed by atoms with Crippen LogP contribution in [0.25, 0.3) is 0 Å². The molecular weight excluding hydrogens is 1580 g/mol. The quantitative estimate of drug-likeness (QED) is 0.0469. The summed E-state index contributed by atoms with van der Waals surface area (Å²) in [4.78, 5) is 0. The predicted molar refractivity (Wildman–Crippen MR) is 253 cm³/mol. The number of hydrogen-bond acceptors (Lipinski definition) is 0. The van der Waals surface area contributed by atoms with Crippen LogP contribution in [0.1, 0.15) is 34.7 Å². The van der Waals surface area contributed by atoms with Gasteiger partial charge in [-0.3, -0.25) is 0 Å². The van der Waals surface area contributed by atoms with Crippen molar-refractivity contribution >= 4 is 42.4 Å². The molecule has 448 valence electrons. The van der Waals surface area contributed by atoms with Gasteiger partial charge in [0.2, 0.25) is 0 Å². The summed E-state index contributed by atoms with van der Waals surface area (Å²) >= 11 is 0. The largest absolute Gasteiger partial charge is 2.00 e. The van der Waals surface area contributed by atoms with Gasteiger partial charge in [-0.2, -0.15) is 52.7 Å². The van der Waals surface area contributed by atoms with Gasteiger partial charge in [0.15, 0.2) is 0 Å². The number of alkyl halides is 12. The Morgan fingerprint density at radius 2 is 0.600 bits per heavy atom. The second-order valence-electron chi connectivity index (χ2n) is 13.5. The fraction of sp³-hybridized carbons (Fsp3) is 0.107. The summed E-state index contributed by atoms with van der Waals surface area (Å²) < 4.78 is 245. The summed E-state index contributed by atoms with van der Waals surface area (Å²) in [5.41, 5.74) is -7.56. The van der Waals surface area contributed by atoms with Crippen LogP contribution in [0.15, 0.2) is 121 Å². The van der Waals surface area contributed by atoms with Crippen LogP contribution in [0, 0.1) is 130 Å². The molecule has 2 saturated carbocycles. The third-order valence-electron chi connectivity index (χ3n) is 9.41. The molecule has 0 aliphatic heterocycles. The van der Waals surface area contributed by atoms with Crippen LogP contribution in [0.2, 0.25) is 0 Å². The summed E-state index contributed by atoms with van der Waals surface area (Å²) in [5, 5.41) is 1.32. The van der Waals surface area contributed by atoms with E-state index in [9.17, 15) is 52.7 Å². The maximum atomic E-state index is 14.1. The van der Waals surface area contributed by atoms with Crippen LogP contribution in [0.3, 0.4) is 0 Å². The average Bonchev–Trinajstić information content (AvgIpc) is 4.26. The van der Waals surface area contributed by atoms with E-state index in [1.807, 2.05) is 105 Å². The molecule has 0 spiro atoms. The van der Waals surface area contributed by atoms with Gasteiger partial charge in [0, 0.05) is 83.8 Å². The summed E-state index contributed by atoms with van der Waals surface area (Å²) in [6.07, 6.45) is -6.54. The van der Waals surface area contributed by atoms with Crippen LogP contribution in [-0.4, -0.2) is 5.66 Å². The molecule has 2 aliphatic rings. The summed E-state index contributed by atoms with van der Waals surface area (Å²) in [6.45, 7) is 46.4. The molecule has 2 fully saturated rings. The molecule has 5 aromatic carbocycles. The average molecular weight is 1610 g/mol. The second kappa shape index (κ2) is 58.2. The van der Waals surface area contributed by atoms with Gasteiger partial charge in [-0.15, -0.1) is 0 Å². The van der Waals surface area contributed by atoms with Crippen LogP contribution >= 0.6 is 15.8 Å². The van der Waals surface area contributed by atoms with Crippen LogP contribution in [0.5, 0.6) is 0 Å². The third-order valence-corrected chi connectivity index (χ3v) is 14.6. The maximum Gasteiger partial charge on any atom is 2.00 e. The van der Waals surface area contributed by atoms with Crippen molar-refractivity contribution in [3.63, 3.8) is 0 Å². The Labute approximate surface area is 548 Å². The number of rotatable bonds is 8. The van der Waals surface area contributed by atoms with E-state index in [1.165, 1.54) is 13.3 Å². The van der Waals surface area contributed by atoms with Crippen molar-refractivity contribution < 1.29 is 194 Å². The minimum absolute atomic E-state index is 0. The molecule has 7 rings (SSSR count). The third kappa shape index (κ3) is 35.4. The van der Waals surface area contributed by atoms with Gasteiger partial charge in [-0.05, 0) is 147 Å². The molecule has 0 bridgehead atoms. The Balaban J connectivity index is -0.000000205. The van der Waals surface area contributed by atoms with Crippen molar-refractivity contribution in [3.8, 4) is 0 Å². The van der Waals surface area contributed by atoms with Gasteiger partial charge in [0.05, 0.1) is 22.3 Å². The predicted octanol–water partition coefficient (Wildman–Crippen LogP) is 11.8. The van der Waals surface area contributed by atoms with Gasteiger partial charge in [0.25, 0.3) is 0 Å². The van der Waals surface area contributed by atoms with E-state index in [0.717, 1.165) is 15.9 Å². The molecule has 85 heavy (non-hydrogen) atoms. The SMILES string of the molecule is C[C@H]([C]1[CH][CH][CH][C]1c1ccccc1P(c1ccccc1)c1ccccc1)P(c1cc(C(F)(F)F)cc(C(F)(F)F)c1)c1cc(C(F)(F)F)cc(C(F)(F)F)c1.[C-]#[O+].[C-]#[O+].[C-]#[O+].[C-]#[O+].[C-]#[O+].[C-]#[O+].[C-]#[O+].[C-]#[O+].[C-]#[O+].[C-]#[O+].[CH]1[CH][CH][CH][CH]1.[Fe+2].[Ru].[Ru].[Ru].[Ru]. The number of benzene rings is 5. The Bertz CT molecular complexity index is 2450. The molecular formula is C56H32F12FeO10P2Ru4+2. The first-order valence-corrected chi connectivity index (χ1v) is 22.8. The van der Waals surface area contributed by atoms with Crippen LogP contribution < -0.4 is 26.5 Å². The Morgan fingerprint density at radius 3 is 0.871 bits per heavy atom. The van der Waals surface area contributed by atoms with Gasteiger partial charge in [0.1, 0.15) is 0 Å². The molecule has 0 heterocycles. The van der Waals surface area contributed by atoms with Crippen molar-refractivity contribution in [1.82, 2.24) is 0 Å². The topological polar surface area (TPSA) is 199 Å². The van der Waals surface area contributed by atoms with Gasteiger partial charge >= 0.3 is 155 Å². The molecule has 2 aliphatic carbocycles. The normalized spacial score (nSPS) is 11.8. The molecule has 0 unspecified atom stereocenters. The van der Waals surface area contributed by atoms with E-state index in [-0.39, 0.29) is 107 Å². The monoisotopic (exact) mass is 1620 g/mol. The zero-order valence-corrected chi connectivity index (χ0v) is 51.9.